The molecule has 4 amide bonds. The summed E-state index contributed by atoms with van der Waals surface area (Å²) < 4.78 is 14.1. The van der Waals surface area contributed by atoms with Crippen LogP contribution >= 0.6 is 0 Å². The number of rotatable bonds is 3. The number of fused-ring (bicyclic) bond motifs is 1. The van der Waals surface area contributed by atoms with Crippen LogP contribution in [0.15, 0.2) is 48.5 Å². The second kappa shape index (κ2) is 8.98. The zero-order chi connectivity index (χ0) is 24.7. The van der Waals surface area contributed by atoms with Crippen molar-refractivity contribution >= 4 is 23.5 Å². The second-order valence-electron chi connectivity index (χ2n) is 9.97. The van der Waals surface area contributed by atoms with Crippen molar-refractivity contribution in [2.24, 2.45) is 0 Å². The molecule has 35 heavy (non-hydrogen) atoms. The van der Waals surface area contributed by atoms with Crippen LogP contribution in [0, 0.1) is 5.82 Å². The third-order valence-corrected chi connectivity index (χ3v) is 7.70. The van der Waals surface area contributed by atoms with Gasteiger partial charge in [0.05, 0.1) is 17.1 Å². The number of para-hydroxylation sites is 1. The number of halogens is 1. The minimum atomic E-state index is -0.721. The lowest BCUT2D eigenvalue weighted by Crippen LogP contribution is -2.68. The normalized spacial score (nSPS) is 21.1. The molecule has 2 saturated heterocycles. The van der Waals surface area contributed by atoms with Crippen molar-refractivity contribution in [3.05, 3.63) is 65.5 Å². The minimum absolute atomic E-state index is 0.0612. The highest BCUT2D eigenvalue weighted by Gasteiger charge is 2.57. The van der Waals surface area contributed by atoms with Crippen LogP contribution in [-0.4, -0.2) is 70.3 Å². The van der Waals surface area contributed by atoms with Crippen LogP contribution in [0.5, 0.6) is 0 Å². The number of amides is 4. The standard InChI is InChI=1S/C27H31FN4O3/c1-18(2)32-24(33)20-9-4-3-8-19(20)23(25(34)30-14-7-15-30)27(32)12-16-31(17-13-27)26(35)29-22-11-6-5-10-21(22)28/h3-6,8-11,18,23H,7,12-17H2,1-2H3,(H,29,35). The van der Waals surface area contributed by atoms with Crippen LogP contribution in [0.3, 0.4) is 0 Å². The van der Waals surface area contributed by atoms with Crippen LogP contribution < -0.4 is 5.32 Å². The molecular formula is C27H31FN4O3. The minimum Gasteiger partial charge on any atom is -0.342 e. The van der Waals surface area contributed by atoms with Gasteiger partial charge in [-0.1, -0.05) is 30.3 Å². The summed E-state index contributed by atoms with van der Waals surface area (Å²) in [7, 11) is 0. The van der Waals surface area contributed by atoms with Gasteiger partial charge in [-0.2, -0.15) is 0 Å². The summed E-state index contributed by atoms with van der Waals surface area (Å²) in [5, 5.41) is 2.66. The molecule has 0 aliphatic carbocycles. The van der Waals surface area contributed by atoms with E-state index in [-0.39, 0.29) is 29.6 Å². The van der Waals surface area contributed by atoms with Gasteiger partial charge in [0.25, 0.3) is 5.91 Å². The summed E-state index contributed by atoms with van der Waals surface area (Å²) in [6, 6.07) is 13.0. The van der Waals surface area contributed by atoms with Gasteiger partial charge < -0.3 is 20.0 Å². The molecule has 1 N–H and O–H groups in total. The maximum Gasteiger partial charge on any atom is 0.321 e. The largest absolute Gasteiger partial charge is 0.342 e. The zero-order valence-corrected chi connectivity index (χ0v) is 20.2. The molecule has 0 radical (unpaired) electrons. The summed E-state index contributed by atoms with van der Waals surface area (Å²) in [5.74, 6) is -0.968. The fourth-order valence-electron chi connectivity index (χ4n) is 5.92. The van der Waals surface area contributed by atoms with Gasteiger partial charge in [0.2, 0.25) is 5.91 Å². The Balaban J connectivity index is 1.47. The molecule has 0 saturated carbocycles. The summed E-state index contributed by atoms with van der Waals surface area (Å²) in [4.78, 5) is 45.9. The highest BCUT2D eigenvalue weighted by molar-refractivity contribution is 6.02. The number of hydrogen-bond acceptors (Lipinski definition) is 3. The van der Waals surface area contributed by atoms with Crippen molar-refractivity contribution in [2.45, 2.75) is 50.6 Å². The molecular weight excluding hydrogens is 447 g/mol. The SMILES string of the molecule is CC(C)N1C(=O)c2ccccc2C(C(=O)N2CCC2)C12CCN(C(=O)Nc1ccccc1F)CC2. The highest BCUT2D eigenvalue weighted by Crippen LogP contribution is 2.49. The van der Waals surface area contributed by atoms with Crippen molar-refractivity contribution in [3.63, 3.8) is 0 Å². The highest BCUT2D eigenvalue weighted by atomic mass is 19.1. The maximum absolute atomic E-state index is 14.1. The van der Waals surface area contributed by atoms with E-state index in [1.807, 2.05) is 47.9 Å². The first-order valence-electron chi connectivity index (χ1n) is 12.4. The molecule has 1 atom stereocenters. The van der Waals surface area contributed by atoms with Gasteiger partial charge in [-0.3, -0.25) is 9.59 Å². The molecule has 3 aliphatic heterocycles. The number of carbonyl (C=O) groups is 3. The summed E-state index contributed by atoms with van der Waals surface area (Å²) in [5.41, 5.74) is 0.788. The summed E-state index contributed by atoms with van der Waals surface area (Å²) in [6.45, 7) is 6.16. The van der Waals surface area contributed by atoms with Crippen LogP contribution in [-0.2, 0) is 4.79 Å². The van der Waals surface area contributed by atoms with Crippen molar-refractivity contribution < 1.29 is 18.8 Å². The van der Waals surface area contributed by atoms with E-state index >= 15 is 0 Å². The Morgan fingerprint density at radius 1 is 0.971 bits per heavy atom. The van der Waals surface area contributed by atoms with Gasteiger partial charge in [0, 0.05) is 37.8 Å². The van der Waals surface area contributed by atoms with E-state index < -0.39 is 17.3 Å². The molecule has 184 valence electrons. The molecule has 1 spiro atoms. The predicted molar refractivity (Wildman–Crippen MR) is 131 cm³/mol. The Morgan fingerprint density at radius 3 is 2.26 bits per heavy atom. The van der Waals surface area contributed by atoms with E-state index in [2.05, 4.69) is 5.32 Å². The van der Waals surface area contributed by atoms with Crippen molar-refractivity contribution in [3.8, 4) is 0 Å². The Bertz CT molecular complexity index is 1150. The maximum atomic E-state index is 14.1. The number of benzene rings is 2. The summed E-state index contributed by atoms with van der Waals surface area (Å²) >= 11 is 0. The Kier molecular flexibility index (Phi) is 5.99. The van der Waals surface area contributed by atoms with Crippen LogP contribution in [0.25, 0.3) is 0 Å². The fourth-order valence-corrected chi connectivity index (χ4v) is 5.92. The number of piperidine rings is 1. The van der Waals surface area contributed by atoms with Gasteiger partial charge in [0.1, 0.15) is 5.82 Å². The van der Waals surface area contributed by atoms with Crippen molar-refractivity contribution in [2.75, 3.05) is 31.5 Å². The number of nitrogens with one attached hydrogen (secondary N) is 1. The van der Waals surface area contributed by atoms with E-state index in [4.69, 9.17) is 0 Å². The molecule has 2 aromatic rings. The van der Waals surface area contributed by atoms with Gasteiger partial charge >= 0.3 is 6.03 Å². The number of urea groups is 1. The third kappa shape index (κ3) is 3.85. The molecule has 5 rings (SSSR count). The number of nitrogens with zero attached hydrogens (tertiary/aromatic N) is 3. The first kappa shape index (κ1) is 23.3. The Hall–Kier alpha value is -3.42. The van der Waals surface area contributed by atoms with Gasteiger partial charge in [-0.15, -0.1) is 0 Å². The van der Waals surface area contributed by atoms with Crippen LogP contribution in [0.1, 0.15) is 54.9 Å². The fraction of sp³-hybridized carbons (Fsp3) is 0.444. The average molecular weight is 479 g/mol. The number of anilines is 1. The molecule has 8 heteroatoms. The van der Waals surface area contributed by atoms with E-state index in [0.29, 0.717) is 31.5 Å². The molecule has 0 aromatic heterocycles. The van der Waals surface area contributed by atoms with Crippen LogP contribution in [0.4, 0.5) is 14.9 Å². The predicted octanol–water partition coefficient (Wildman–Crippen LogP) is 4.07. The summed E-state index contributed by atoms with van der Waals surface area (Å²) in [6.07, 6.45) is 1.93. The van der Waals surface area contributed by atoms with Gasteiger partial charge in [-0.25, -0.2) is 9.18 Å². The van der Waals surface area contributed by atoms with Crippen molar-refractivity contribution in [1.82, 2.24) is 14.7 Å². The lowest BCUT2D eigenvalue weighted by atomic mass is 9.66. The van der Waals surface area contributed by atoms with E-state index in [9.17, 15) is 18.8 Å². The van der Waals surface area contributed by atoms with Crippen molar-refractivity contribution in [1.29, 1.82) is 0 Å². The smallest absolute Gasteiger partial charge is 0.321 e. The number of carbonyl (C=O) groups excluding carboxylic acids is 3. The quantitative estimate of drug-likeness (QED) is 0.723. The molecule has 2 fully saturated rings. The molecule has 0 bridgehead atoms. The van der Waals surface area contributed by atoms with E-state index in [1.54, 1.807) is 17.0 Å². The lowest BCUT2D eigenvalue weighted by Gasteiger charge is -2.57. The van der Waals surface area contributed by atoms with Gasteiger partial charge in [-0.05, 0) is 56.9 Å². The van der Waals surface area contributed by atoms with E-state index in [1.165, 1.54) is 12.1 Å². The lowest BCUT2D eigenvalue weighted by molar-refractivity contribution is -0.142. The Labute approximate surface area is 204 Å². The number of hydrogen-bond donors (Lipinski definition) is 1. The Morgan fingerprint density at radius 2 is 1.63 bits per heavy atom. The first-order valence-corrected chi connectivity index (χ1v) is 12.4. The van der Waals surface area contributed by atoms with E-state index in [0.717, 1.165) is 25.1 Å². The third-order valence-electron chi connectivity index (χ3n) is 7.70. The number of likely N-dealkylation sites (tertiary alicyclic amines) is 2. The second-order valence-corrected chi connectivity index (χ2v) is 9.97. The molecule has 3 aliphatic rings. The zero-order valence-electron chi connectivity index (χ0n) is 20.2. The first-order chi connectivity index (χ1) is 16.8. The monoisotopic (exact) mass is 478 g/mol. The molecule has 7 nitrogen and oxygen atoms in total. The molecule has 1 unspecified atom stereocenters. The molecule has 2 aromatic carbocycles. The molecule has 3 heterocycles. The van der Waals surface area contributed by atoms with Crippen LogP contribution in [0.2, 0.25) is 0 Å². The topological polar surface area (TPSA) is 73.0 Å². The van der Waals surface area contributed by atoms with Gasteiger partial charge in [0.15, 0.2) is 0 Å². The average Bonchev–Trinajstić information content (AvgIpc) is 2.80.